The molecule has 0 N–H and O–H groups in total. The first-order valence-corrected chi connectivity index (χ1v) is 6.34. The van der Waals surface area contributed by atoms with Gasteiger partial charge >= 0.3 is 0 Å². The maximum absolute atomic E-state index is 5.21. The predicted octanol–water partition coefficient (Wildman–Crippen LogP) is 2.27. The summed E-state index contributed by atoms with van der Waals surface area (Å²) in [4.78, 5) is 6.43. The molecule has 102 valence electrons. The molecule has 1 aromatic carbocycles. The van der Waals surface area contributed by atoms with Gasteiger partial charge in [0.2, 0.25) is 5.89 Å². The second kappa shape index (κ2) is 6.33. The summed E-state index contributed by atoms with van der Waals surface area (Å²) in [5.74, 6) is 2.28. The zero-order valence-electron chi connectivity index (χ0n) is 11.6. The fourth-order valence-electron chi connectivity index (χ4n) is 1.87. The molecule has 2 aromatic rings. The van der Waals surface area contributed by atoms with Crippen LogP contribution in [0.1, 0.15) is 24.2 Å². The van der Waals surface area contributed by atoms with Gasteiger partial charge in [0, 0.05) is 13.0 Å². The maximum atomic E-state index is 5.21. The van der Waals surface area contributed by atoms with Crippen LogP contribution in [0.2, 0.25) is 0 Å². The van der Waals surface area contributed by atoms with Gasteiger partial charge in [-0.3, -0.25) is 4.90 Å². The Labute approximate surface area is 113 Å². The molecule has 0 radical (unpaired) electrons. The minimum absolute atomic E-state index is 0.643. The van der Waals surface area contributed by atoms with Crippen LogP contribution in [0.15, 0.2) is 28.8 Å². The molecular weight excluding hydrogens is 242 g/mol. The quantitative estimate of drug-likeness (QED) is 0.798. The lowest BCUT2D eigenvalue weighted by Gasteiger charge is -2.14. The van der Waals surface area contributed by atoms with Gasteiger partial charge in [0.1, 0.15) is 5.75 Å². The largest absolute Gasteiger partial charge is 0.497 e. The fourth-order valence-corrected chi connectivity index (χ4v) is 1.87. The van der Waals surface area contributed by atoms with Gasteiger partial charge < -0.3 is 9.26 Å². The number of ether oxygens (including phenoxy) is 1. The van der Waals surface area contributed by atoms with Crippen molar-refractivity contribution in [3.63, 3.8) is 0 Å². The Bertz CT molecular complexity index is 525. The fraction of sp³-hybridized carbons (Fsp3) is 0.429. The molecule has 1 aromatic heterocycles. The highest BCUT2D eigenvalue weighted by atomic mass is 16.5. The van der Waals surface area contributed by atoms with Crippen molar-refractivity contribution in [2.75, 3.05) is 14.2 Å². The van der Waals surface area contributed by atoms with Crippen molar-refractivity contribution in [3.05, 3.63) is 41.5 Å². The van der Waals surface area contributed by atoms with E-state index in [1.807, 2.05) is 32.2 Å². The lowest BCUT2D eigenvalue weighted by atomic mass is 10.2. The molecule has 0 atom stereocenters. The molecule has 0 saturated carbocycles. The van der Waals surface area contributed by atoms with Crippen molar-refractivity contribution in [1.82, 2.24) is 15.0 Å². The van der Waals surface area contributed by atoms with Crippen LogP contribution in [-0.4, -0.2) is 29.2 Å². The van der Waals surface area contributed by atoms with Crippen molar-refractivity contribution < 1.29 is 9.26 Å². The SMILES string of the molecule is CCc1noc(CN(C)Cc2cccc(OC)c2)n1. The Morgan fingerprint density at radius 3 is 2.84 bits per heavy atom. The van der Waals surface area contributed by atoms with E-state index in [9.17, 15) is 0 Å². The summed E-state index contributed by atoms with van der Waals surface area (Å²) >= 11 is 0. The molecule has 1 heterocycles. The van der Waals surface area contributed by atoms with E-state index < -0.39 is 0 Å². The second-order valence-corrected chi connectivity index (χ2v) is 4.48. The van der Waals surface area contributed by atoms with E-state index >= 15 is 0 Å². The lowest BCUT2D eigenvalue weighted by Crippen LogP contribution is -2.17. The van der Waals surface area contributed by atoms with Crippen LogP contribution in [0.3, 0.4) is 0 Å². The van der Waals surface area contributed by atoms with Gasteiger partial charge in [0.05, 0.1) is 13.7 Å². The van der Waals surface area contributed by atoms with Crippen LogP contribution in [0.25, 0.3) is 0 Å². The van der Waals surface area contributed by atoms with Gasteiger partial charge in [-0.2, -0.15) is 4.98 Å². The lowest BCUT2D eigenvalue weighted by molar-refractivity contribution is 0.260. The molecule has 0 aliphatic carbocycles. The number of methoxy groups -OCH3 is 1. The molecule has 0 fully saturated rings. The maximum Gasteiger partial charge on any atom is 0.240 e. The van der Waals surface area contributed by atoms with E-state index in [1.165, 1.54) is 5.56 Å². The number of rotatable bonds is 6. The number of benzene rings is 1. The third-order valence-electron chi connectivity index (χ3n) is 2.82. The number of hydrogen-bond donors (Lipinski definition) is 0. The van der Waals surface area contributed by atoms with E-state index in [0.29, 0.717) is 12.4 Å². The van der Waals surface area contributed by atoms with Gasteiger partial charge in [-0.15, -0.1) is 0 Å². The first-order chi connectivity index (χ1) is 9.21. The van der Waals surface area contributed by atoms with Crippen LogP contribution >= 0.6 is 0 Å². The topological polar surface area (TPSA) is 51.4 Å². The van der Waals surface area contributed by atoms with E-state index in [4.69, 9.17) is 9.26 Å². The second-order valence-electron chi connectivity index (χ2n) is 4.48. The van der Waals surface area contributed by atoms with Crippen molar-refractivity contribution in [2.45, 2.75) is 26.4 Å². The average molecular weight is 261 g/mol. The summed E-state index contributed by atoms with van der Waals surface area (Å²) in [7, 11) is 3.70. The molecule has 0 saturated heterocycles. The molecule has 2 rings (SSSR count). The zero-order chi connectivity index (χ0) is 13.7. The zero-order valence-corrected chi connectivity index (χ0v) is 11.6. The van der Waals surface area contributed by atoms with Gasteiger partial charge in [-0.1, -0.05) is 24.2 Å². The molecule has 0 spiro atoms. The molecule has 0 bridgehead atoms. The molecule has 0 unspecified atom stereocenters. The van der Waals surface area contributed by atoms with Crippen LogP contribution in [0, 0.1) is 0 Å². The van der Waals surface area contributed by atoms with E-state index in [0.717, 1.165) is 24.5 Å². The van der Waals surface area contributed by atoms with Gasteiger partial charge in [-0.05, 0) is 24.7 Å². The first kappa shape index (κ1) is 13.5. The standard InChI is InChI=1S/C14H19N3O2/c1-4-13-15-14(19-16-13)10-17(2)9-11-6-5-7-12(8-11)18-3/h5-8H,4,9-10H2,1-3H3. The van der Waals surface area contributed by atoms with Crippen molar-refractivity contribution >= 4 is 0 Å². The number of nitrogens with zero attached hydrogens (tertiary/aromatic N) is 3. The smallest absolute Gasteiger partial charge is 0.240 e. The summed E-state index contributed by atoms with van der Waals surface area (Å²) in [6, 6.07) is 8.03. The molecular formula is C14H19N3O2. The van der Waals surface area contributed by atoms with Gasteiger partial charge in [0.15, 0.2) is 5.82 Å². The monoisotopic (exact) mass is 261 g/mol. The predicted molar refractivity (Wildman–Crippen MR) is 71.8 cm³/mol. The first-order valence-electron chi connectivity index (χ1n) is 6.34. The van der Waals surface area contributed by atoms with Gasteiger partial charge in [-0.25, -0.2) is 0 Å². The van der Waals surface area contributed by atoms with Crippen molar-refractivity contribution in [2.24, 2.45) is 0 Å². The molecule has 0 aliphatic heterocycles. The van der Waals surface area contributed by atoms with E-state index in [-0.39, 0.29) is 0 Å². The Balaban J connectivity index is 1.94. The Kier molecular flexibility index (Phi) is 4.52. The van der Waals surface area contributed by atoms with Crippen LogP contribution in [0.4, 0.5) is 0 Å². The third kappa shape index (κ3) is 3.79. The highest BCUT2D eigenvalue weighted by molar-refractivity contribution is 5.28. The summed E-state index contributed by atoms with van der Waals surface area (Å²) in [6.45, 7) is 3.46. The molecule has 5 heteroatoms. The minimum Gasteiger partial charge on any atom is -0.497 e. The van der Waals surface area contributed by atoms with Crippen LogP contribution in [0.5, 0.6) is 5.75 Å². The number of hydrogen-bond acceptors (Lipinski definition) is 5. The summed E-state index contributed by atoms with van der Waals surface area (Å²) < 4.78 is 10.4. The molecule has 0 amide bonds. The van der Waals surface area contributed by atoms with Crippen LogP contribution < -0.4 is 4.74 Å². The highest BCUT2D eigenvalue weighted by Crippen LogP contribution is 2.14. The van der Waals surface area contributed by atoms with E-state index in [2.05, 4.69) is 21.1 Å². The summed E-state index contributed by atoms with van der Waals surface area (Å²) in [5.41, 5.74) is 1.19. The Hall–Kier alpha value is -1.88. The Morgan fingerprint density at radius 1 is 1.32 bits per heavy atom. The number of aryl methyl sites for hydroxylation is 1. The molecule has 19 heavy (non-hydrogen) atoms. The minimum atomic E-state index is 0.643. The average Bonchev–Trinajstić information content (AvgIpc) is 2.86. The normalized spacial score (nSPS) is 10.9. The van der Waals surface area contributed by atoms with Crippen molar-refractivity contribution in [1.29, 1.82) is 0 Å². The highest BCUT2D eigenvalue weighted by Gasteiger charge is 2.08. The molecule has 5 nitrogen and oxygen atoms in total. The van der Waals surface area contributed by atoms with E-state index in [1.54, 1.807) is 7.11 Å². The molecule has 0 aliphatic rings. The summed E-state index contributed by atoms with van der Waals surface area (Å²) in [5, 5.41) is 3.89. The summed E-state index contributed by atoms with van der Waals surface area (Å²) in [6.07, 6.45) is 0.795. The van der Waals surface area contributed by atoms with Gasteiger partial charge in [0.25, 0.3) is 0 Å². The number of aromatic nitrogens is 2. The third-order valence-corrected chi connectivity index (χ3v) is 2.82. The van der Waals surface area contributed by atoms with Crippen molar-refractivity contribution in [3.8, 4) is 5.75 Å². The van der Waals surface area contributed by atoms with Crippen LogP contribution in [-0.2, 0) is 19.5 Å². The Morgan fingerprint density at radius 2 is 2.16 bits per heavy atom.